The average molecular weight is 621 g/mol. The Morgan fingerprint density at radius 3 is 2.07 bits per heavy atom. The van der Waals surface area contributed by atoms with Crippen molar-refractivity contribution in [3.63, 3.8) is 0 Å². The maximum atomic E-state index is 13.6. The molecule has 0 saturated heterocycles. The number of benzene rings is 1. The maximum absolute atomic E-state index is 13.6. The van der Waals surface area contributed by atoms with Gasteiger partial charge in [-0.3, -0.25) is 24.0 Å². The summed E-state index contributed by atoms with van der Waals surface area (Å²) in [7, 11) is 1.08. The fourth-order valence-corrected chi connectivity index (χ4v) is 6.67. The predicted octanol–water partition coefficient (Wildman–Crippen LogP) is -2.66. The predicted molar refractivity (Wildman–Crippen MR) is 156 cm³/mol. The van der Waals surface area contributed by atoms with Gasteiger partial charge in [0.25, 0.3) is 5.56 Å². The van der Waals surface area contributed by atoms with Crippen molar-refractivity contribution in [1.29, 1.82) is 0 Å². The molecule has 0 bridgehead atoms. The molecule has 2 aromatic rings. The average Bonchev–Trinajstić information content (AvgIpc) is 3.50. The first-order chi connectivity index (χ1) is 21.2. The minimum Gasteiger partial charge on any atom is -0.510 e. The van der Waals surface area contributed by atoms with Crippen LogP contribution >= 0.6 is 0 Å². The summed E-state index contributed by atoms with van der Waals surface area (Å²) >= 11 is 0. The van der Waals surface area contributed by atoms with Crippen LogP contribution in [0.1, 0.15) is 36.3 Å². The first kappa shape index (κ1) is 30.0. The van der Waals surface area contributed by atoms with Crippen LogP contribution in [0.2, 0.25) is 0 Å². The van der Waals surface area contributed by atoms with Crippen molar-refractivity contribution in [2.45, 2.75) is 49.6 Å². The van der Waals surface area contributed by atoms with Gasteiger partial charge < -0.3 is 40.4 Å². The monoisotopic (exact) mass is 620 g/mol. The number of ether oxygens (including phenoxy) is 1. The van der Waals surface area contributed by atoms with Crippen LogP contribution < -0.4 is 42.4 Å². The highest BCUT2D eigenvalue weighted by molar-refractivity contribution is 5.98. The van der Waals surface area contributed by atoms with Gasteiger partial charge in [0.15, 0.2) is 11.2 Å². The molecule has 1 heterocycles. The molecule has 5 unspecified atom stereocenters. The Bertz CT molecular complexity index is 2460. The highest BCUT2D eigenvalue weighted by atomic mass is 16.5. The highest BCUT2D eigenvalue weighted by Crippen LogP contribution is 2.54. The van der Waals surface area contributed by atoms with Crippen LogP contribution in [0.3, 0.4) is 0 Å². The van der Waals surface area contributed by atoms with Gasteiger partial charge in [-0.15, -0.1) is 4.91 Å². The van der Waals surface area contributed by atoms with Crippen LogP contribution in [0.15, 0.2) is 47.3 Å². The van der Waals surface area contributed by atoms with Gasteiger partial charge in [0.2, 0.25) is 16.3 Å². The molecule has 5 atom stereocenters. The fraction of sp³-hybridized carbons (Fsp3) is 0.300. The summed E-state index contributed by atoms with van der Waals surface area (Å²) in [5.41, 5.74) is -8.44. The van der Waals surface area contributed by atoms with Crippen LogP contribution in [-0.4, -0.2) is 61.0 Å². The van der Waals surface area contributed by atoms with Gasteiger partial charge in [0.05, 0.1) is 45.2 Å². The summed E-state index contributed by atoms with van der Waals surface area (Å²) in [5.74, 6) is -2.26. The Labute approximate surface area is 248 Å². The number of nitroso groups, excluding NO2 is 1. The first-order valence-corrected chi connectivity index (χ1v) is 13.6. The van der Waals surface area contributed by atoms with Crippen LogP contribution in [0, 0.1) is 15.3 Å². The van der Waals surface area contributed by atoms with E-state index in [4.69, 9.17) is 4.74 Å². The van der Waals surface area contributed by atoms with Crippen molar-refractivity contribution in [3.8, 4) is 5.75 Å². The Balaban J connectivity index is 1.68. The molecule has 6 rings (SSSR count). The smallest absolute Gasteiger partial charge is 0.258 e. The molecular weight excluding hydrogens is 596 g/mol. The highest BCUT2D eigenvalue weighted by Gasteiger charge is 2.53. The molecule has 15 heteroatoms. The van der Waals surface area contributed by atoms with E-state index in [2.05, 4.69) is 10.2 Å². The topological polar surface area (TPSA) is 261 Å². The van der Waals surface area contributed by atoms with Gasteiger partial charge in [-0.2, -0.15) is 0 Å². The molecule has 15 nitrogen and oxygen atoms in total. The summed E-state index contributed by atoms with van der Waals surface area (Å²) in [4.78, 5) is 80.9. The van der Waals surface area contributed by atoms with E-state index in [0.29, 0.717) is 0 Å². The minimum atomic E-state index is -2.12. The summed E-state index contributed by atoms with van der Waals surface area (Å²) in [6.45, 7) is 1.18. The number of pyridine rings is 1. The van der Waals surface area contributed by atoms with Gasteiger partial charge in [-0.1, -0.05) is 6.07 Å². The number of methoxy groups -OCH3 is 1. The van der Waals surface area contributed by atoms with Crippen LogP contribution in [-0.2, 0) is 11.8 Å². The quantitative estimate of drug-likeness (QED) is 0.109. The van der Waals surface area contributed by atoms with Crippen LogP contribution in [0.4, 0.5) is 5.69 Å². The van der Waals surface area contributed by atoms with Gasteiger partial charge in [0, 0.05) is 11.6 Å². The Kier molecular flexibility index (Phi) is 6.63. The van der Waals surface area contributed by atoms with Crippen molar-refractivity contribution < 1.29 is 35.4 Å². The Hall–Kier alpha value is -5.09. The van der Waals surface area contributed by atoms with Gasteiger partial charge >= 0.3 is 0 Å². The molecule has 0 saturated carbocycles. The van der Waals surface area contributed by atoms with E-state index in [1.165, 1.54) is 19.1 Å². The third-order valence-electron chi connectivity index (χ3n) is 8.85. The summed E-state index contributed by atoms with van der Waals surface area (Å²) in [6, 6.07) is 3.33. The molecule has 232 valence electrons. The van der Waals surface area contributed by atoms with E-state index in [1.54, 1.807) is 0 Å². The van der Waals surface area contributed by atoms with Crippen LogP contribution in [0.25, 0.3) is 22.3 Å². The number of hydrogen-bond donors (Lipinski definition) is 7. The molecule has 0 aliphatic heterocycles. The molecule has 4 aliphatic carbocycles. The van der Waals surface area contributed by atoms with E-state index >= 15 is 0 Å². The molecule has 1 aromatic carbocycles. The lowest BCUT2D eigenvalue weighted by atomic mass is 9.78. The standard InChI is InChI=1S/C30H24N2O13/c1-8(33)21(35)26(40)22(36)11-6-10-5-9-3-4-30(19(9)20(32-44)14(10)29(43)31-11)27(41)17-18(28(30)42)25(39)16-15(24(17)38)12(34)7-13(45-2)23(16)37/h5-8,21-22,26,33,35-36,40-42H,3-4H2,1-2H3,(H,31,43). The molecule has 45 heavy (non-hydrogen) atoms. The van der Waals surface area contributed by atoms with Gasteiger partial charge in [-0.25, -0.2) is 0 Å². The van der Waals surface area contributed by atoms with E-state index < -0.39 is 101 Å². The fourth-order valence-electron chi connectivity index (χ4n) is 6.67. The summed E-state index contributed by atoms with van der Waals surface area (Å²) in [5, 5.41) is 63.1. The van der Waals surface area contributed by atoms with Gasteiger partial charge in [-0.05, 0) is 42.0 Å². The van der Waals surface area contributed by atoms with Crippen molar-refractivity contribution in [1.82, 2.24) is 4.98 Å². The maximum Gasteiger partial charge on any atom is 0.258 e. The number of nitrogens with one attached hydrogen (secondary N) is 1. The zero-order valence-corrected chi connectivity index (χ0v) is 23.4. The number of aromatic nitrogens is 1. The third-order valence-corrected chi connectivity index (χ3v) is 8.85. The third kappa shape index (κ3) is 3.75. The molecule has 0 amide bonds. The number of aliphatic hydroxyl groups excluding tert-OH is 6. The lowest BCUT2D eigenvalue weighted by molar-refractivity contribution is -0.102. The van der Waals surface area contributed by atoms with Crippen LogP contribution in [0.5, 0.6) is 5.75 Å². The molecule has 7 N–H and O–H groups in total. The van der Waals surface area contributed by atoms with Crippen molar-refractivity contribution in [2.75, 3.05) is 7.11 Å². The number of fused-ring (bicyclic) bond motifs is 4. The van der Waals surface area contributed by atoms with Crippen molar-refractivity contribution in [3.05, 3.63) is 112 Å². The molecule has 0 radical (unpaired) electrons. The second-order valence-electron chi connectivity index (χ2n) is 11.2. The largest absolute Gasteiger partial charge is 0.510 e. The Morgan fingerprint density at radius 2 is 1.49 bits per heavy atom. The zero-order valence-electron chi connectivity index (χ0n) is 23.4. The van der Waals surface area contributed by atoms with E-state index in [-0.39, 0.29) is 40.4 Å². The van der Waals surface area contributed by atoms with E-state index in [9.17, 15) is 59.5 Å². The number of rotatable bonds is 6. The second kappa shape index (κ2) is 9.97. The Morgan fingerprint density at radius 1 is 0.867 bits per heavy atom. The lowest BCUT2D eigenvalue weighted by Gasteiger charge is -2.27. The number of H-pyrrole nitrogens is 1. The number of aryl methyl sites for hydroxylation is 1. The molecular formula is C30H24N2O13. The molecule has 1 spiro atoms. The number of hydrogen-bond acceptors (Lipinski definition) is 14. The lowest BCUT2D eigenvalue weighted by Crippen LogP contribution is -2.51. The second-order valence-corrected chi connectivity index (χ2v) is 11.2. The summed E-state index contributed by atoms with van der Waals surface area (Å²) < 4.78 is 4.87. The normalized spacial score (nSPS) is 20.0. The summed E-state index contributed by atoms with van der Waals surface area (Å²) in [6.07, 6.45) is -7.24. The first-order valence-electron chi connectivity index (χ1n) is 13.6. The number of aliphatic hydroxyl groups is 6. The SMILES string of the molecule is COc1cc(=O)c2c(=O)c3c(c(=O)c=2c1=O)=C(O)C1(CCc2cc4cc(C(O)C(O)C(O)C(C)O)[nH]c(=O)c4c(N=O)c21)C=3O. The minimum absolute atomic E-state index is 0.000706. The number of nitrogens with zero attached hydrogens (tertiary/aromatic N) is 1. The van der Waals surface area contributed by atoms with Crippen molar-refractivity contribution >= 4 is 28.0 Å². The van der Waals surface area contributed by atoms with Crippen molar-refractivity contribution in [2.24, 2.45) is 5.18 Å². The van der Waals surface area contributed by atoms with Gasteiger partial charge in [0.1, 0.15) is 40.9 Å². The molecule has 1 aromatic heterocycles. The molecule has 4 aliphatic rings. The molecule has 0 fully saturated rings. The van der Waals surface area contributed by atoms with E-state index in [0.717, 1.165) is 13.2 Å². The zero-order chi connectivity index (χ0) is 32.9. The number of aromatic amines is 1. The van der Waals surface area contributed by atoms with E-state index in [1.807, 2.05) is 0 Å².